The number of anilines is 1. The summed E-state index contributed by atoms with van der Waals surface area (Å²) in [7, 11) is 0. The fourth-order valence-corrected chi connectivity index (χ4v) is 3.92. The van der Waals surface area contributed by atoms with Crippen LogP contribution in [0.5, 0.6) is 11.5 Å². The third kappa shape index (κ3) is 3.02. The summed E-state index contributed by atoms with van der Waals surface area (Å²) in [5, 5.41) is 3.79. The molecule has 4 aromatic rings. The van der Waals surface area contributed by atoms with Crippen LogP contribution in [-0.4, -0.2) is 28.7 Å². The molecule has 2 aromatic carbocycles. The Labute approximate surface area is 159 Å². The summed E-state index contributed by atoms with van der Waals surface area (Å²) in [6.45, 7) is 1.05. The number of aromatic nitrogens is 2. The summed E-state index contributed by atoms with van der Waals surface area (Å²) < 4.78 is 14.0. The Morgan fingerprint density at radius 3 is 2.70 bits per heavy atom. The fraction of sp³-hybridized carbons (Fsp3) is 0.100. The van der Waals surface area contributed by atoms with Crippen molar-refractivity contribution >= 4 is 33.1 Å². The molecule has 0 aliphatic carbocycles. The molecule has 1 N–H and O–H groups in total. The minimum atomic E-state index is -0.176. The van der Waals surface area contributed by atoms with Gasteiger partial charge in [0, 0.05) is 29.7 Å². The van der Waals surface area contributed by atoms with Gasteiger partial charge in [-0.15, -0.1) is 0 Å². The maximum Gasteiger partial charge on any atom is 0.255 e. The molecule has 0 saturated carbocycles. The lowest BCUT2D eigenvalue weighted by Gasteiger charge is -2.19. The molecule has 7 heteroatoms. The van der Waals surface area contributed by atoms with E-state index < -0.39 is 0 Å². The quantitative estimate of drug-likeness (QED) is 0.584. The summed E-state index contributed by atoms with van der Waals surface area (Å²) in [4.78, 5) is 17.3. The molecule has 0 radical (unpaired) electrons. The highest BCUT2D eigenvalue weighted by Gasteiger charge is 2.14. The molecule has 27 heavy (non-hydrogen) atoms. The van der Waals surface area contributed by atoms with Crippen LogP contribution in [0.4, 0.5) is 5.69 Å². The van der Waals surface area contributed by atoms with Gasteiger partial charge in [-0.2, -0.15) is 0 Å². The SMILES string of the molecule is O=C(Nc1ccc2c(c1)OCCO2)c1ccc2nc(-n3cccc3)sc2c1. The number of rotatable bonds is 3. The van der Waals surface area contributed by atoms with Crippen LogP contribution in [0.15, 0.2) is 60.9 Å². The van der Waals surface area contributed by atoms with Crippen LogP contribution in [0.25, 0.3) is 15.3 Å². The zero-order valence-electron chi connectivity index (χ0n) is 14.2. The molecular weight excluding hydrogens is 362 g/mol. The van der Waals surface area contributed by atoms with E-state index in [1.807, 2.05) is 41.2 Å². The summed E-state index contributed by atoms with van der Waals surface area (Å²) in [6, 6.07) is 14.8. The van der Waals surface area contributed by atoms with E-state index in [1.54, 1.807) is 35.6 Å². The van der Waals surface area contributed by atoms with Crippen LogP contribution in [0.1, 0.15) is 10.4 Å². The van der Waals surface area contributed by atoms with E-state index in [9.17, 15) is 4.79 Å². The number of benzene rings is 2. The molecular formula is C20H15N3O3S. The first-order chi connectivity index (χ1) is 13.3. The molecule has 3 heterocycles. The predicted molar refractivity (Wildman–Crippen MR) is 104 cm³/mol. The second-order valence-corrected chi connectivity index (χ2v) is 7.09. The van der Waals surface area contributed by atoms with E-state index in [0.29, 0.717) is 36.0 Å². The average molecular weight is 377 g/mol. The highest BCUT2D eigenvalue weighted by molar-refractivity contribution is 7.20. The minimum absolute atomic E-state index is 0.176. The van der Waals surface area contributed by atoms with Crippen molar-refractivity contribution in [2.75, 3.05) is 18.5 Å². The van der Waals surface area contributed by atoms with Crippen LogP contribution in [0.2, 0.25) is 0 Å². The highest BCUT2D eigenvalue weighted by atomic mass is 32.1. The molecule has 0 fully saturated rings. The van der Waals surface area contributed by atoms with E-state index >= 15 is 0 Å². The monoisotopic (exact) mass is 377 g/mol. The molecule has 134 valence electrons. The highest BCUT2D eigenvalue weighted by Crippen LogP contribution is 2.33. The average Bonchev–Trinajstić information content (AvgIpc) is 3.36. The third-order valence-corrected chi connectivity index (χ3v) is 5.30. The van der Waals surface area contributed by atoms with Crippen molar-refractivity contribution in [2.45, 2.75) is 0 Å². The number of carbonyl (C=O) groups excluding carboxylic acids is 1. The van der Waals surface area contributed by atoms with Crippen molar-refractivity contribution in [3.8, 4) is 16.6 Å². The van der Waals surface area contributed by atoms with Gasteiger partial charge in [-0.25, -0.2) is 4.98 Å². The first-order valence-electron chi connectivity index (χ1n) is 8.51. The standard InChI is InChI=1S/C20H15N3O3S/c24-19(21-14-4-6-16-17(12-14)26-10-9-25-16)13-3-5-15-18(11-13)27-20(22-15)23-7-1-2-8-23/h1-8,11-12H,9-10H2,(H,21,24). The second kappa shape index (κ2) is 6.44. The summed E-state index contributed by atoms with van der Waals surface area (Å²) in [5.74, 6) is 1.17. The van der Waals surface area contributed by atoms with Gasteiger partial charge >= 0.3 is 0 Å². The number of hydrogen-bond acceptors (Lipinski definition) is 5. The first kappa shape index (κ1) is 15.9. The molecule has 2 aromatic heterocycles. The molecule has 0 spiro atoms. The number of amides is 1. The van der Waals surface area contributed by atoms with Gasteiger partial charge in [0.05, 0.1) is 10.2 Å². The van der Waals surface area contributed by atoms with Crippen molar-refractivity contribution in [3.63, 3.8) is 0 Å². The molecule has 1 amide bonds. The maximum atomic E-state index is 12.7. The third-order valence-electron chi connectivity index (χ3n) is 4.26. The van der Waals surface area contributed by atoms with Gasteiger partial charge in [0.1, 0.15) is 13.2 Å². The van der Waals surface area contributed by atoms with Crippen molar-refractivity contribution in [2.24, 2.45) is 0 Å². The van der Waals surface area contributed by atoms with Crippen molar-refractivity contribution in [1.82, 2.24) is 9.55 Å². The molecule has 0 atom stereocenters. The lowest BCUT2D eigenvalue weighted by atomic mass is 10.2. The number of thiazole rings is 1. The molecule has 0 bridgehead atoms. The molecule has 1 aliphatic heterocycles. The summed E-state index contributed by atoms with van der Waals surface area (Å²) >= 11 is 1.55. The Balaban J connectivity index is 1.40. The van der Waals surface area contributed by atoms with Gasteiger partial charge in [0.25, 0.3) is 5.91 Å². The Morgan fingerprint density at radius 2 is 1.85 bits per heavy atom. The predicted octanol–water partition coefficient (Wildman–Crippen LogP) is 4.11. The zero-order valence-corrected chi connectivity index (χ0v) is 15.0. The van der Waals surface area contributed by atoms with E-state index in [4.69, 9.17) is 9.47 Å². The van der Waals surface area contributed by atoms with Gasteiger partial charge < -0.3 is 19.4 Å². The number of carbonyl (C=O) groups is 1. The Morgan fingerprint density at radius 1 is 1.04 bits per heavy atom. The number of nitrogens with one attached hydrogen (secondary N) is 1. The fourth-order valence-electron chi connectivity index (χ4n) is 2.95. The van der Waals surface area contributed by atoms with E-state index in [-0.39, 0.29) is 5.91 Å². The normalized spacial score (nSPS) is 12.9. The van der Waals surface area contributed by atoms with E-state index in [1.165, 1.54) is 0 Å². The smallest absolute Gasteiger partial charge is 0.255 e. The van der Waals surface area contributed by atoms with Gasteiger partial charge in [-0.3, -0.25) is 4.79 Å². The Hall–Kier alpha value is -3.32. The topological polar surface area (TPSA) is 65.4 Å². The van der Waals surface area contributed by atoms with Crippen LogP contribution in [-0.2, 0) is 0 Å². The van der Waals surface area contributed by atoms with Crippen LogP contribution < -0.4 is 14.8 Å². The van der Waals surface area contributed by atoms with Crippen LogP contribution in [0.3, 0.4) is 0 Å². The van der Waals surface area contributed by atoms with Gasteiger partial charge in [0.2, 0.25) is 0 Å². The Kier molecular flexibility index (Phi) is 3.79. The number of ether oxygens (including phenoxy) is 2. The second-order valence-electron chi connectivity index (χ2n) is 6.08. The van der Waals surface area contributed by atoms with Crippen molar-refractivity contribution in [1.29, 1.82) is 0 Å². The number of fused-ring (bicyclic) bond motifs is 2. The van der Waals surface area contributed by atoms with Crippen molar-refractivity contribution < 1.29 is 14.3 Å². The first-order valence-corrected chi connectivity index (χ1v) is 9.33. The zero-order chi connectivity index (χ0) is 18.2. The van der Waals surface area contributed by atoms with Gasteiger partial charge in [0.15, 0.2) is 16.6 Å². The van der Waals surface area contributed by atoms with Crippen molar-refractivity contribution in [3.05, 3.63) is 66.5 Å². The number of nitrogens with zero attached hydrogens (tertiary/aromatic N) is 2. The van der Waals surface area contributed by atoms with Gasteiger partial charge in [-0.1, -0.05) is 11.3 Å². The lowest BCUT2D eigenvalue weighted by molar-refractivity contribution is 0.102. The molecule has 0 saturated heterocycles. The molecule has 5 rings (SSSR count). The minimum Gasteiger partial charge on any atom is -0.486 e. The van der Waals surface area contributed by atoms with E-state index in [0.717, 1.165) is 15.3 Å². The number of hydrogen-bond donors (Lipinski definition) is 1. The maximum absolute atomic E-state index is 12.7. The summed E-state index contributed by atoms with van der Waals surface area (Å²) in [6.07, 6.45) is 3.90. The van der Waals surface area contributed by atoms with Crippen LogP contribution >= 0.6 is 11.3 Å². The molecule has 0 unspecified atom stereocenters. The van der Waals surface area contributed by atoms with Gasteiger partial charge in [-0.05, 0) is 42.5 Å². The lowest BCUT2D eigenvalue weighted by Crippen LogP contribution is -2.16. The van der Waals surface area contributed by atoms with Crippen LogP contribution in [0, 0.1) is 0 Å². The largest absolute Gasteiger partial charge is 0.486 e. The Bertz CT molecular complexity index is 1130. The molecule has 6 nitrogen and oxygen atoms in total. The molecule has 1 aliphatic rings. The summed E-state index contributed by atoms with van der Waals surface area (Å²) in [5.41, 5.74) is 2.13. The van der Waals surface area contributed by atoms with E-state index in [2.05, 4.69) is 10.3 Å².